The van der Waals surface area contributed by atoms with Crippen LogP contribution in [-0.2, 0) is 6.54 Å². The molecule has 3 heterocycles. The average molecular weight is 340 g/mol. The summed E-state index contributed by atoms with van der Waals surface area (Å²) < 4.78 is 3.02. The molecule has 0 saturated carbocycles. The molecule has 2 fully saturated rings. The number of hydrogen-bond acceptors (Lipinski definition) is 2. The summed E-state index contributed by atoms with van der Waals surface area (Å²) in [5, 5.41) is 0. The summed E-state index contributed by atoms with van der Waals surface area (Å²) in [6.07, 6.45) is 5.61. The van der Waals surface area contributed by atoms with E-state index in [2.05, 4.69) is 32.7 Å². The SMILES string of the molecule is CCn1cc(Br)cc1C(=O)N1CCCN2CCC[C@@H]2C1. The first-order valence-electron chi connectivity index (χ1n) is 7.58. The molecule has 2 aliphatic heterocycles. The van der Waals surface area contributed by atoms with E-state index in [-0.39, 0.29) is 5.91 Å². The number of aryl methyl sites for hydroxylation is 1. The van der Waals surface area contributed by atoms with Crippen LogP contribution in [0.3, 0.4) is 0 Å². The van der Waals surface area contributed by atoms with E-state index in [0.717, 1.165) is 42.8 Å². The van der Waals surface area contributed by atoms with Gasteiger partial charge in [0.15, 0.2) is 0 Å². The quantitative estimate of drug-likeness (QED) is 0.828. The molecule has 0 bridgehead atoms. The van der Waals surface area contributed by atoms with Gasteiger partial charge in [-0.15, -0.1) is 0 Å². The van der Waals surface area contributed by atoms with Crippen molar-refractivity contribution < 1.29 is 4.79 Å². The molecule has 110 valence electrons. The van der Waals surface area contributed by atoms with Gasteiger partial charge in [-0.05, 0) is 54.7 Å². The third kappa shape index (κ3) is 2.66. The summed E-state index contributed by atoms with van der Waals surface area (Å²) in [5.74, 6) is 0.186. The highest BCUT2D eigenvalue weighted by Crippen LogP contribution is 2.23. The maximum absolute atomic E-state index is 12.8. The minimum atomic E-state index is 0.186. The lowest BCUT2D eigenvalue weighted by Crippen LogP contribution is -2.40. The topological polar surface area (TPSA) is 28.5 Å². The Kier molecular flexibility index (Phi) is 4.17. The minimum absolute atomic E-state index is 0.186. The van der Waals surface area contributed by atoms with Crippen LogP contribution < -0.4 is 0 Å². The number of amides is 1. The van der Waals surface area contributed by atoms with Crippen molar-refractivity contribution in [1.82, 2.24) is 14.4 Å². The molecule has 0 N–H and O–H groups in total. The molecule has 1 aromatic rings. The van der Waals surface area contributed by atoms with E-state index in [9.17, 15) is 4.79 Å². The van der Waals surface area contributed by atoms with E-state index < -0.39 is 0 Å². The van der Waals surface area contributed by atoms with Crippen molar-refractivity contribution in [3.63, 3.8) is 0 Å². The fourth-order valence-electron chi connectivity index (χ4n) is 3.47. The van der Waals surface area contributed by atoms with Crippen molar-refractivity contribution in [3.05, 3.63) is 22.4 Å². The van der Waals surface area contributed by atoms with Crippen LogP contribution in [-0.4, -0.2) is 52.5 Å². The third-order valence-electron chi connectivity index (χ3n) is 4.51. The molecule has 20 heavy (non-hydrogen) atoms. The summed E-state index contributed by atoms with van der Waals surface area (Å²) in [4.78, 5) is 17.4. The number of halogens is 1. The molecule has 0 aliphatic carbocycles. The van der Waals surface area contributed by atoms with Crippen LogP contribution in [0.2, 0.25) is 0 Å². The summed E-state index contributed by atoms with van der Waals surface area (Å²) in [6.45, 7) is 7.04. The van der Waals surface area contributed by atoms with Crippen LogP contribution in [0.1, 0.15) is 36.7 Å². The van der Waals surface area contributed by atoms with Gasteiger partial charge in [0.2, 0.25) is 0 Å². The van der Waals surface area contributed by atoms with Crippen LogP contribution in [0.4, 0.5) is 0 Å². The van der Waals surface area contributed by atoms with Crippen molar-refractivity contribution in [1.29, 1.82) is 0 Å². The van der Waals surface area contributed by atoms with E-state index in [0.29, 0.717) is 6.04 Å². The number of nitrogens with zero attached hydrogens (tertiary/aromatic N) is 3. The summed E-state index contributed by atoms with van der Waals surface area (Å²) in [6, 6.07) is 2.53. The van der Waals surface area contributed by atoms with Gasteiger partial charge < -0.3 is 9.47 Å². The Balaban J connectivity index is 1.78. The van der Waals surface area contributed by atoms with Gasteiger partial charge in [0.05, 0.1) is 0 Å². The first-order chi connectivity index (χ1) is 9.69. The van der Waals surface area contributed by atoms with Crippen molar-refractivity contribution >= 4 is 21.8 Å². The van der Waals surface area contributed by atoms with Crippen molar-refractivity contribution in [2.24, 2.45) is 0 Å². The number of hydrogen-bond donors (Lipinski definition) is 0. The van der Waals surface area contributed by atoms with Crippen LogP contribution in [0, 0.1) is 0 Å². The fourth-order valence-corrected chi connectivity index (χ4v) is 3.93. The molecule has 0 spiro atoms. The molecule has 0 aromatic carbocycles. The molecule has 1 aromatic heterocycles. The molecular weight excluding hydrogens is 318 g/mol. The lowest BCUT2D eigenvalue weighted by Gasteiger charge is -2.26. The van der Waals surface area contributed by atoms with Crippen molar-refractivity contribution in [2.75, 3.05) is 26.2 Å². The Bertz CT molecular complexity index is 499. The van der Waals surface area contributed by atoms with E-state index in [1.807, 2.05) is 16.8 Å². The van der Waals surface area contributed by atoms with Gasteiger partial charge in [0.1, 0.15) is 5.69 Å². The lowest BCUT2D eigenvalue weighted by molar-refractivity contribution is 0.0732. The molecule has 4 nitrogen and oxygen atoms in total. The van der Waals surface area contributed by atoms with Crippen LogP contribution >= 0.6 is 15.9 Å². The van der Waals surface area contributed by atoms with Crippen LogP contribution in [0.15, 0.2) is 16.7 Å². The van der Waals surface area contributed by atoms with Gasteiger partial charge in [0, 0.05) is 42.9 Å². The van der Waals surface area contributed by atoms with E-state index >= 15 is 0 Å². The first kappa shape index (κ1) is 14.1. The Morgan fingerprint density at radius 2 is 2.15 bits per heavy atom. The molecule has 3 rings (SSSR count). The smallest absolute Gasteiger partial charge is 0.270 e. The second-order valence-corrected chi connectivity index (χ2v) is 6.68. The third-order valence-corrected chi connectivity index (χ3v) is 4.95. The zero-order valence-corrected chi connectivity index (χ0v) is 13.6. The normalized spacial score (nSPS) is 23.7. The first-order valence-corrected chi connectivity index (χ1v) is 8.37. The van der Waals surface area contributed by atoms with E-state index in [1.165, 1.54) is 19.4 Å². The molecular formula is C15H22BrN3O. The number of rotatable bonds is 2. The average Bonchev–Trinajstić information content (AvgIpc) is 2.98. The van der Waals surface area contributed by atoms with E-state index in [4.69, 9.17) is 0 Å². The Labute approximate surface area is 128 Å². The maximum atomic E-state index is 12.8. The molecule has 0 unspecified atom stereocenters. The summed E-state index contributed by atoms with van der Waals surface area (Å²) >= 11 is 3.48. The number of fused-ring (bicyclic) bond motifs is 1. The van der Waals surface area contributed by atoms with Crippen molar-refractivity contribution in [2.45, 2.75) is 38.8 Å². The van der Waals surface area contributed by atoms with Gasteiger partial charge in [-0.25, -0.2) is 0 Å². The lowest BCUT2D eigenvalue weighted by atomic mass is 10.2. The largest absolute Gasteiger partial charge is 0.343 e. The predicted octanol–water partition coefficient (Wildman–Crippen LogP) is 2.58. The van der Waals surface area contributed by atoms with Crippen LogP contribution in [0.5, 0.6) is 0 Å². The molecule has 1 atom stereocenters. The van der Waals surface area contributed by atoms with Crippen molar-refractivity contribution in [3.8, 4) is 0 Å². The molecule has 0 radical (unpaired) electrons. The summed E-state index contributed by atoms with van der Waals surface area (Å²) in [7, 11) is 0. The fraction of sp³-hybridized carbons (Fsp3) is 0.667. The van der Waals surface area contributed by atoms with Crippen LogP contribution in [0.25, 0.3) is 0 Å². The zero-order valence-electron chi connectivity index (χ0n) is 12.0. The minimum Gasteiger partial charge on any atom is -0.343 e. The highest BCUT2D eigenvalue weighted by atomic mass is 79.9. The zero-order chi connectivity index (χ0) is 14.1. The molecule has 2 aliphatic rings. The van der Waals surface area contributed by atoms with Gasteiger partial charge in [-0.2, -0.15) is 0 Å². The molecule has 5 heteroatoms. The highest BCUT2D eigenvalue weighted by molar-refractivity contribution is 9.10. The monoisotopic (exact) mass is 339 g/mol. The van der Waals surface area contributed by atoms with Gasteiger partial charge in [-0.3, -0.25) is 9.69 Å². The second-order valence-electron chi connectivity index (χ2n) is 5.77. The number of carbonyl (C=O) groups excluding carboxylic acids is 1. The van der Waals surface area contributed by atoms with E-state index in [1.54, 1.807) is 0 Å². The van der Waals surface area contributed by atoms with Gasteiger partial charge in [-0.1, -0.05) is 0 Å². The highest BCUT2D eigenvalue weighted by Gasteiger charge is 2.31. The molecule has 2 saturated heterocycles. The Hall–Kier alpha value is -0.810. The number of carbonyl (C=O) groups is 1. The second kappa shape index (κ2) is 5.90. The standard InChI is InChI=1S/C15H22BrN3O/c1-2-17-10-12(16)9-14(17)15(20)19-8-4-7-18-6-3-5-13(18)11-19/h9-10,13H,2-8,11H2,1H3/t13-/m1/s1. The predicted molar refractivity (Wildman–Crippen MR) is 82.9 cm³/mol. The Morgan fingerprint density at radius 3 is 2.95 bits per heavy atom. The Morgan fingerprint density at radius 1 is 1.35 bits per heavy atom. The van der Waals surface area contributed by atoms with Gasteiger partial charge in [0.25, 0.3) is 5.91 Å². The van der Waals surface area contributed by atoms with Gasteiger partial charge >= 0.3 is 0 Å². The maximum Gasteiger partial charge on any atom is 0.270 e. The number of aromatic nitrogens is 1. The summed E-state index contributed by atoms with van der Waals surface area (Å²) in [5.41, 5.74) is 0.811. The molecule has 1 amide bonds.